The lowest BCUT2D eigenvalue weighted by Crippen LogP contribution is -2.30. The molecule has 134 valence electrons. The number of halogens is 3. The lowest BCUT2D eigenvalue weighted by Gasteiger charge is -2.23. The van der Waals surface area contributed by atoms with Crippen LogP contribution in [0.4, 0.5) is 13.2 Å². The number of alkyl halides is 3. The molecule has 0 saturated carbocycles. The largest absolute Gasteiger partial charge is 0.416 e. The van der Waals surface area contributed by atoms with Gasteiger partial charge in [-0.25, -0.2) is 0 Å². The number of benzene rings is 1. The Balaban J connectivity index is 1.86. The lowest BCUT2D eigenvalue weighted by molar-refractivity contribution is -0.137. The molecule has 4 nitrogen and oxygen atoms in total. The van der Waals surface area contributed by atoms with E-state index >= 15 is 0 Å². The van der Waals surface area contributed by atoms with Crippen LogP contribution in [0.3, 0.4) is 0 Å². The van der Waals surface area contributed by atoms with E-state index in [1.165, 1.54) is 12.1 Å². The molecule has 1 amide bonds. The second-order valence-electron chi connectivity index (χ2n) is 6.54. The molecule has 7 heteroatoms. The van der Waals surface area contributed by atoms with Crippen molar-refractivity contribution in [3.05, 3.63) is 52.9 Å². The average Bonchev–Trinajstić information content (AvgIpc) is 3.22. The van der Waals surface area contributed by atoms with E-state index < -0.39 is 17.6 Å². The number of likely N-dealkylation sites (tertiary alicyclic amines) is 1. The molecule has 0 bridgehead atoms. The van der Waals surface area contributed by atoms with Gasteiger partial charge in [0.2, 0.25) is 0 Å². The predicted molar refractivity (Wildman–Crippen MR) is 85.0 cm³/mol. The van der Waals surface area contributed by atoms with Gasteiger partial charge in [-0.2, -0.15) is 13.2 Å². The molecule has 1 atom stereocenters. The molecule has 1 aliphatic heterocycles. The summed E-state index contributed by atoms with van der Waals surface area (Å²) >= 11 is 0. The molecular formula is C18H19F3N2O2. The van der Waals surface area contributed by atoms with Crippen LogP contribution in [0.5, 0.6) is 0 Å². The van der Waals surface area contributed by atoms with Crippen LogP contribution in [0.2, 0.25) is 0 Å². The van der Waals surface area contributed by atoms with Crippen molar-refractivity contribution < 1.29 is 22.5 Å². The van der Waals surface area contributed by atoms with Crippen LogP contribution in [0.1, 0.15) is 66.0 Å². The summed E-state index contributed by atoms with van der Waals surface area (Å²) in [6, 6.07) is 6.07. The third-order valence-corrected chi connectivity index (χ3v) is 4.42. The molecule has 3 rings (SSSR count). The zero-order valence-corrected chi connectivity index (χ0v) is 14.0. The zero-order chi connectivity index (χ0) is 18.2. The third kappa shape index (κ3) is 3.55. The molecule has 1 aromatic heterocycles. The van der Waals surface area contributed by atoms with Crippen molar-refractivity contribution in [2.75, 3.05) is 6.54 Å². The molecule has 0 radical (unpaired) electrons. The summed E-state index contributed by atoms with van der Waals surface area (Å²) in [5, 5.41) is 4.01. The van der Waals surface area contributed by atoms with Gasteiger partial charge in [0.1, 0.15) is 0 Å². The zero-order valence-electron chi connectivity index (χ0n) is 14.0. The number of nitrogens with zero attached hydrogens (tertiary/aromatic N) is 2. The summed E-state index contributed by atoms with van der Waals surface area (Å²) in [7, 11) is 0. The van der Waals surface area contributed by atoms with Gasteiger partial charge in [-0.05, 0) is 37.0 Å². The van der Waals surface area contributed by atoms with Crippen molar-refractivity contribution in [2.24, 2.45) is 0 Å². The van der Waals surface area contributed by atoms with E-state index in [-0.39, 0.29) is 17.5 Å². The van der Waals surface area contributed by atoms with Crippen molar-refractivity contribution in [3.63, 3.8) is 0 Å². The Morgan fingerprint density at radius 3 is 2.72 bits per heavy atom. The molecule has 2 heterocycles. The first-order valence-electron chi connectivity index (χ1n) is 8.22. The van der Waals surface area contributed by atoms with Gasteiger partial charge in [-0.15, -0.1) is 0 Å². The highest BCUT2D eigenvalue weighted by molar-refractivity contribution is 5.94. The second kappa shape index (κ2) is 6.54. The van der Waals surface area contributed by atoms with Crippen LogP contribution >= 0.6 is 0 Å². The van der Waals surface area contributed by atoms with Gasteiger partial charge in [0.05, 0.1) is 17.3 Å². The molecule has 2 aromatic rings. The third-order valence-electron chi connectivity index (χ3n) is 4.42. The Morgan fingerprint density at radius 1 is 1.32 bits per heavy atom. The Labute approximate surface area is 143 Å². The monoisotopic (exact) mass is 352 g/mol. The van der Waals surface area contributed by atoms with E-state index in [0.717, 1.165) is 24.2 Å². The maximum absolute atomic E-state index is 12.9. The van der Waals surface area contributed by atoms with Crippen molar-refractivity contribution in [1.29, 1.82) is 0 Å². The highest BCUT2D eigenvalue weighted by atomic mass is 19.4. The first-order valence-corrected chi connectivity index (χ1v) is 8.22. The topological polar surface area (TPSA) is 46.3 Å². The number of hydrogen-bond donors (Lipinski definition) is 0. The molecule has 1 aliphatic rings. The van der Waals surface area contributed by atoms with Crippen molar-refractivity contribution >= 4 is 5.91 Å². The molecule has 0 N–H and O–H groups in total. The minimum atomic E-state index is -4.47. The second-order valence-corrected chi connectivity index (χ2v) is 6.54. The molecule has 25 heavy (non-hydrogen) atoms. The average molecular weight is 352 g/mol. The van der Waals surface area contributed by atoms with Crippen molar-refractivity contribution in [1.82, 2.24) is 10.1 Å². The maximum Gasteiger partial charge on any atom is 0.416 e. The smallest absolute Gasteiger partial charge is 0.359 e. The Hall–Kier alpha value is -2.31. The minimum Gasteiger partial charge on any atom is -0.359 e. The van der Waals surface area contributed by atoms with Gasteiger partial charge < -0.3 is 9.42 Å². The van der Waals surface area contributed by atoms with Gasteiger partial charge in [-0.1, -0.05) is 25.1 Å². The van der Waals surface area contributed by atoms with Crippen LogP contribution in [0, 0.1) is 0 Å². The van der Waals surface area contributed by atoms with Crippen molar-refractivity contribution in [2.45, 2.75) is 44.8 Å². The fraction of sp³-hybridized carbons (Fsp3) is 0.444. The summed E-state index contributed by atoms with van der Waals surface area (Å²) in [4.78, 5) is 14.3. The number of carbonyl (C=O) groups is 1. The van der Waals surface area contributed by atoms with Crippen LogP contribution in [0.25, 0.3) is 0 Å². The summed E-state index contributed by atoms with van der Waals surface area (Å²) < 4.78 is 44.0. The van der Waals surface area contributed by atoms with Gasteiger partial charge in [0.15, 0.2) is 5.76 Å². The summed E-state index contributed by atoms with van der Waals surface area (Å²) in [6.45, 7) is 4.46. The Kier molecular flexibility index (Phi) is 4.58. The maximum atomic E-state index is 12.9. The Morgan fingerprint density at radius 2 is 2.08 bits per heavy atom. The number of carbonyl (C=O) groups excluding carboxylic acids is 1. The lowest BCUT2D eigenvalue weighted by atomic mass is 10.1. The van der Waals surface area contributed by atoms with Crippen molar-refractivity contribution in [3.8, 4) is 0 Å². The number of rotatable bonds is 3. The highest BCUT2D eigenvalue weighted by Crippen LogP contribution is 2.35. The summed E-state index contributed by atoms with van der Waals surface area (Å²) in [5.41, 5.74) is 0.00884. The molecule has 1 saturated heterocycles. The van der Waals surface area contributed by atoms with E-state index in [9.17, 15) is 18.0 Å². The summed E-state index contributed by atoms with van der Waals surface area (Å²) in [6.07, 6.45) is -3.00. The predicted octanol–water partition coefficient (Wildman–Crippen LogP) is 4.79. The molecule has 0 aliphatic carbocycles. The van der Waals surface area contributed by atoms with E-state index in [0.29, 0.717) is 18.7 Å². The van der Waals surface area contributed by atoms with Crippen LogP contribution in [-0.2, 0) is 6.18 Å². The van der Waals surface area contributed by atoms with E-state index in [1.807, 2.05) is 19.9 Å². The van der Waals surface area contributed by atoms with Crippen LogP contribution in [0.15, 0.2) is 34.9 Å². The molecular weight excluding hydrogens is 333 g/mol. The van der Waals surface area contributed by atoms with E-state index in [1.54, 1.807) is 4.90 Å². The molecule has 0 spiro atoms. The van der Waals surface area contributed by atoms with Gasteiger partial charge >= 0.3 is 6.18 Å². The highest BCUT2D eigenvalue weighted by Gasteiger charge is 2.35. The normalized spacial score (nSPS) is 18.2. The van der Waals surface area contributed by atoms with E-state index in [4.69, 9.17) is 4.52 Å². The Bertz CT molecular complexity index is 768. The quantitative estimate of drug-likeness (QED) is 0.797. The molecule has 0 unspecified atom stereocenters. The van der Waals surface area contributed by atoms with Crippen LogP contribution in [-0.4, -0.2) is 22.5 Å². The summed E-state index contributed by atoms with van der Waals surface area (Å²) in [5.74, 6) is 0.365. The van der Waals surface area contributed by atoms with Gasteiger partial charge in [-0.3, -0.25) is 4.79 Å². The number of hydrogen-bond acceptors (Lipinski definition) is 3. The number of amides is 1. The van der Waals surface area contributed by atoms with Gasteiger partial charge in [0, 0.05) is 18.2 Å². The fourth-order valence-electron chi connectivity index (χ4n) is 3.03. The first kappa shape index (κ1) is 17.5. The number of aromatic nitrogens is 1. The fourth-order valence-corrected chi connectivity index (χ4v) is 3.03. The standard InChI is InChI=1S/C18H19F3N2O2/c1-11(2)14-10-16(25-22-14)15-7-4-8-23(15)17(24)12-5-3-6-13(9-12)18(19,20)21/h3,5-6,9-11,15H,4,7-8H2,1-2H3/t15-/m1/s1. The van der Waals surface area contributed by atoms with Crippen LogP contribution < -0.4 is 0 Å². The van der Waals surface area contributed by atoms with E-state index in [2.05, 4.69) is 5.16 Å². The SMILES string of the molecule is CC(C)c1cc([C@H]2CCCN2C(=O)c2cccc(C(F)(F)F)c2)on1. The molecule has 1 aromatic carbocycles. The minimum absolute atomic E-state index is 0.0327. The molecule has 1 fully saturated rings. The first-order chi connectivity index (χ1) is 11.8. The van der Waals surface area contributed by atoms with Gasteiger partial charge in [0.25, 0.3) is 5.91 Å².